The zero-order valence-electron chi connectivity index (χ0n) is 15.2. The smallest absolute Gasteiger partial charge is 0.222 e. The average molecular weight is 357 g/mol. The zero-order chi connectivity index (χ0) is 17.8. The molecule has 0 spiro atoms. The van der Waals surface area contributed by atoms with Crippen LogP contribution >= 0.6 is 0 Å². The van der Waals surface area contributed by atoms with Gasteiger partial charge < -0.3 is 14.4 Å². The number of hydrogen-bond acceptors (Lipinski definition) is 4. The van der Waals surface area contributed by atoms with Crippen LogP contribution in [-0.2, 0) is 20.7 Å². The standard InChI is InChI=1S/C20H27N3O3/c24-20(11-15-3-6-25-7-4-15)23-5-8-26-14-17(13-23)9-16-1-2-19-18(10-16)12-21-22-19/h1-2,10,12,15,17H,3-9,11,13-14H2,(H,21,22)/t17-/m1/s1. The van der Waals surface area contributed by atoms with E-state index in [1.807, 2.05) is 11.1 Å². The summed E-state index contributed by atoms with van der Waals surface area (Å²) in [5.41, 5.74) is 2.32. The summed E-state index contributed by atoms with van der Waals surface area (Å²) < 4.78 is 11.2. The first-order valence-corrected chi connectivity index (χ1v) is 9.63. The fraction of sp³-hybridized carbons (Fsp3) is 0.600. The van der Waals surface area contributed by atoms with Gasteiger partial charge in [-0.05, 0) is 42.9 Å². The third-order valence-electron chi connectivity index (χ3n) is 5.52. The first-order valence-electron chi connectivity index (χ1n) is 9.63. The Labute approximate surface area is 153 Å². The molecule has 2 aliphatic heterocycles. The Morgan fingerprint density at radius 1 is 1.19 bits per heavy atom. The van der Waals surface area contributed by atoms with Gasteiger partial charge in [-0.3, -0.25) is 9.89 Å². The molecule has 4 rings (SSSR count). The molecule has 2 aliphatic rings. The Bertz CT molecular complexity index is 739. The fourth-order valence-electron chi connectivity index (χ4n) is 4.01. The molecule has 1 amide bonds. The van der Waals surface area contributed by atoms with Crippen molar-refractivity contribution in [3.8, 4) is 0 Å². The highest BCUT2D eigenvalue weighted by atomic mass is 16.5. The molecule has 2 saturated heterocycles. The molecule has 2 fully saturated rings. The number of hydrogen-bond donors (Lipinski definition) is 1. The van der Waals surface area contributed by atoms with Crippen molar-refractivity contribution in [2.75, 3.05) is 39.5 Å². The molecule has 2 aromatic rings. The number of carbonyl (C=O) groups is 1. The maximum absolute atomic E-state index is 12.8. The van der Waals surface area contributed by atoms with E-state index in [2.05, 4.69) is 28.4 Å². The molecule has 140 valence electrons. The van der Waals surface area contributed by atoms with Crippen LogP contribution in [0.15, 0.2) is 24.4 Å². The van der Waals surface area contributed by atoms with E-state index in [0.29, 0.717) is 38.0 Å². The maximum atomic E-state index is 12.8. The third-order valence-corrected chi connectivity index (χ3v) is 5.52. The minimum atomic E-state index is 0.276. The van der Waals surface area contributed by atoms with Crippen LogP contribution < -0.4 is 0 Å². The van der Waals surface area contributed by atoms with Crippen LogP contribution in [0.1, 0.15) is 24.8 Å². The van der Waals surface area contributed by atoms with Gasteiger partial charge in [-0.2, -0.15) is 5.10 Å². The largest absolute Gasteiger partial charge is 0.381 e. The second-order valence-corrected chi connectivity index (χ2v) is 7.54. The average Bonchev–Trinajstić information content (AvgIpc) is 3.00. The van der Waals surface area contributed by atoms with Crippen LogP contribution in [0, 0.1) is 11.8 Å². The molecule has 1 aromatic carbocycles. The number of fused-ring (bicyclic) bond motifs is 1. The number of nitrogens with one attached hydrogen (secondary N) is 1. The molecule has 0 unspecified atom stereocenters. The van der Waals surface area contributed by atoms with Gasteiger partial charge in [0.2, 0.25) is 5.91 Å². The molecular formula is C20H27N3O3. The molecule has 1 atom stereocenters. The van der Waals surface area contributed by atoms with Crippen molar-refractivity contribution < 1.29 is 14.3 Å². The number of rotatable bonds is 4. The van der Waals surface area contributed by atoms with Crippen LogP contribution in [0.2, 0.25) is 0 Å². The predicted octanol–water partition coefficient (Wildman–Crippen LogP) is 2.40. The molecule has 6 nitrogen and oxygen atoms in total. The fourth-order valence-corrected chi connectivity index (χ4v) is 4.01. The van der Waals surface area contributed by atoms with Crippen molar-refractivity contribution >= 4 is 16.8 Å². The summed E-state index contributed by atoms with van der Waals surface area (Å²) in [6.07, 6.45) is 5.43. The van der Waals surface area contributed by atoms with Gasteiger partial charge in [-0.15, -0.1) is 0 Å². The van der Waals surface area contributed by atoms with Crippen molar-refractivity contribution in [3.63, 3.8) is 0 Å². The van der Waals surface area contributed by atoms with Gasteiger partial charge in [-0.1, -0.05) is 6.07 Å². The highest BCUT2D eigenvalue weighted by Crippen LogP contribution is 2.22. The molecule has 0 bridgehead atoms. The molecule has 1 N–H and O–H groups in total. The lowest BCUT2D eigenvalue weighted by Crippen LogP contribution is -2.37. The van der Waals surface area contributed by atoms with E-state index in [1.54, 1.807) is 0 Å². The summed E-state index contributed by atoms with van der Waals surface area (Å²) in [5, 5.41) is 8.20. The van der Waals surface area contributed by atoms with Gasteiger partial charge in [0.15, 0.2) is 0 Å². The summed E-state index contributed by atoms with van der Waals surface area (Å²) >= 11 is 0. The van der Waals surface area contributed by atoms with Crippen LogP contribution in [0.3, 0.4) is 0 Å². The van der Waals surface area contributed by atoms with E-state index in [9.17, 15) is 4.79 Å². The number of aromatic amines is 1. The molecule has 3 heterocycles. The van der Waals surface area contributed by atoms with E-state index in [0.717, 1.165) is 49.9 Å². The number of aromatic nitrogens is 2. The van der Waals surface area contributed by atoms with Crippen molar-refractivity contribution in [3.05, 3.63) is 30.0 Å². The number of benzene rings is 1. The second kappa shape index (κ2) is 8.18. The Kier molecular flexibility index (Phi) is 5.51. The normalized spacial score (nSPS) is 22.5. The topological polar surface area (TPSA) is 67.4 Å². The minimum Gasteiger partial charge on any atom is -0.381 e. The predicted molar refractivity (Wildman–Crippen MR) is 98.8 cm³/mol. The number of nitrogens with zero attached hydrogens (tertiary/aromatic N) is 2. The first kappa shape index (κ1) is 17.5. The van der Waals surface area contributed by atoms with Crippen molar-refractivity contribution in [2.24, 2.45) is 11.8 Å². The zero-order valence-corrected chi connectivity index (χ0v) is 15.2. The Balaban J connectivity index is 1.37. The van der Waals surface area contributed by atoms with Crippen molar-refractivity contribution in [2.45, 2.75) is 25.7 Å². The van der Waals surface area contributed by atoms with Crippen molar-refractivity contribution in [1.82, 2.24) is 15.1 Å². The number of carbonyl (C=O) groups excluding carboxylic acids is 1. The highest BCUT2D eigenvalue weighted by Gasteiger charge is 2.25. The molecule has 0 radical (unpaired) electrons. The van der Waals surface area contributed by atoms with Gasteiger partial charge in [-0.25, -0.2) is 0 Å². The maximum Gasteiger partial charge on any atom is 0.222 e. The van der Waals surface area contributed by atoms with Crippen LogP contribution in [-0.4, -0.2) is 60.5 Å². The number of ether oxygens (including phenoxy) is 2. The molecule has 26 heavy (non-hydrogen) atoms. The first-order chi connectivity index (χ1) is 12.8. The lowest BCUT2D eigenvalue weighted by atomic mass is 9.95. The SMILES string of the molecule is O=C(CC1CCOCC1)N1CCOC[C@H](Cc2ccc3[nH]ncc3c2)C1. The minimum absolute atomic E-state index is 0.276. The van der Waals surface area contributed by atoms with Gasteiger partial charge in [0.1, 0.15) is 0 Å². The van der Waals surface area contributed by atoms with E-state index in [-0.39, 0.29) is 5.91 Å². The summed E-state index contributed by atoms with van der Waals surface area (Å²) in [5.74, 6) is 1.08. The lowest BCUT2D eigenvalue weighted by molar-refractivity contribution is -0.133. The van der Waals surface area contributed by atoms with Gasteiger partial charge >= 0.3 is 0 Å². The van der Waals surface area contributed by atoms with Gasteiger partial charge in [0, 0.05) is 44.0 Å². The number of H-pyrrole nitrogens is 1. The second-order valence-electron chi connectivity index (χ2n) is 7.54. The monoisotopic (exact) mass is 357 g/mol. The summed E-state index contributed by atoms with van der Waals surface area (Å²) in [7, 11) is 0. The van der Waals surface area contributed by atoms with Gasteiger partial charge in [0.05, 0.1) is 24.9 Å². The summed E-state index contributed by atoms with van der Waals surface area (Å²) in [4.78, 5) is 14.8. The van der Waals surface area contributed by atoms with Crippen molar-refractivity contribution in [1.29, 1.82) is 0 Å². The molecule has 0 aliphatic carbocycles. The number of amides is 1. The van der Waals surface area contributed by atoms with E-state index in [4.69, 9.17) is 9.47 Å². The molecule has 0 saturated carbocycles. The third kappa shape index (κ3) is 4.24. The molecule has 1 aromatic heterocycles. The molecule has 6 heteroatoms. The Morgan fingerprint density at radius 2 is 2.08 bits per heavy atom. The van der Waals surface area contributed by atoms with Crippen LogP contribution in [0.4, 0.5) is 0 Å². The lowest BCUT2D eigenvalue weighted by Gasteiger charge is -2.27. The Morgan fingerprint density at radius 3 is 2.96 bits per heavy atom. The molecular weight excluding hydrogens is 330 g/mol. The highest BCUT2D eigenvalue weighted by molar-refractivity contribution is 5.78. The summed E-state index contributed by atoms with van der Waals surface area (Å²) in [6, 6.07) is 6.39. The van der Waals surface area contributed by atoms with Gasteiger partial charge in [0.25, 0.3) is 0 Å². The summed E-state index contributed by atoms with van der Waals surface area (Å²) in [6.45, 7) is 4.42. The quantitative estimate of drug-likeness (QED) is 0.912. The van der Waals surface area contributed by atoms with Crippen LogP contribution in [0.5, 0.6) is 0 Å². The van der Waals surface area contributed by atoms with E-state index < -0.39 is 0 Å². The Hall–Kier alpha value is -1.92. The van der Waals surface area contributed by atoms with E-state index >= 15 is 0 Å². The van der Waals surface area contributed by atoms with E-state index in [1.165, 1.54) is 5.56 Å². The van der Waals surface area contributed by atoms with Crippen LogP contribution in [0.25, 0.3) is 10.9 Å².